The molecule has 0 radical (unpaired) electrons. The standard InChI is InChI=1S/C12H12ClNO2S/c13-12(10-6-2-1-3-7-10)9-5-4-8-11(12)17(14,15)16/h1-9,11H,(H2,14,15,16). The summed E-state index contributed by atoms with van der Waals surface area (Å²) in [6, 6.07) is 9.04. The number of primary sulfonamides is 1. The minimum Gasteiger partial charge on any atom is -0.228 e. The van der Waals surface area contributed by atoms with Crippen LogP contribution in [0.5, 0.6) is 0 Å². The van der Waals surface area contributed by atoms with Gasteiger partial charge in [0.1, 0.15) is 10.1 Å². The quantitative estimate of drug-likeness (QED) is 0.834. The van der Waals surface area contributed by atoms with Crippen LogP contribution >= 0.6 is 11.6 Å². The summed E-state index contributed by atoms with van der Waals surface area (Å²) in [4.78, 5) is -1.14. The summed E-state index contributed by atoms with van der Waals surface area (Å²) >= 11 is 6.45. The Morgan fingerprint density at radius 3 is 2.41 bits per heavy atom. The van der Waals surface area contributed by atoms with Crippen molar-refractivity contribution < 1.29 is 8.42 Å². The summed E-state index contributed by atoms with van der Waals surface area (Å²) in [6.07, 6.45) is 6.52. The molecule has 1 aliphatic rings. The van der Waals surface area contributed by atoms with E-state index in [1.54, 1.807) is 30.4 Å². The molecule has 1 aliphatic carbocycles. The molecule has 0 amide bonds. The molecular formula is C12H12ClNO2S. The number of sulfonamides is 1. The molecule has 0 saturated heterocycles. The third kappa shape index (κ3) is 2.29. The lowest BCUT2D eigenvalue weighted by atomic mass is 9.91. The number of nitrogens with two attached hydrogens (primary N) is 1. The number of allylic oxidation sites excluding steroid dienone is 3. The van der Waals surface area contributed by atoms with Crippen LogP contribution in [0.2, 0.25) is 0 Å². The summed E-state index contributed by atoms with van der Waals surface area (Å²) in [5, 5.41) is 4.27. The molecule has 1 aromatic rings. The lowest BCUT2D eigenvalue weighted by Crippen LogP contribution is -2.42. The number of benzene rings is 1. The van der Waals surface area contributed by atoms with Gasteiger partial charge in [0.25, 0.3) is 0 Å². The van der Waals surface area contributed by atoms with Crippen molar-refractivity contribution in [1.82, 2.24) is 0 Å². The summed E-state index contributed by atoms with van der Waals surface area (Å²) in [5.41, 5.74) is 0.710. The SMILES string of the molecule is NS(=O)(=O)C1C=CC=CC1(Cl)c1ccccc1. The van der Waals surface area contributed by atoms with E-state index in [-0.39, 0.29) is 0 Å². The van der Waals surface area contributed by atoms with Gasteiger partial charge in [-0.15, -0.1) is 11.6 Å². The van der Waals surface area contributed by atoms with E-state index in [9.17, 15) is 8.42 Å². The van der Waals surface area contributed by atoms with Crippen LogP contribution in [-0.4, -0.2) is 13.7 Å². The second kappa shape index (κ2) is 4.29. The highest BCUT2D eigenvalue weighted by molar-refractivity contribution is 7.90. The molecular weight excluding hydrogens is 258 g/mol. The molecule has 2 atom stereocenters. The molecule has 0 heterocycles. The van der Waals surface area contributed by atoms with Gasteiger partial charge in [-0.3, -0.25) is 0 Å². The van der Waals surface area contributed by atoms with Crippen molar-refractivity contribution >= 4 is 21.6 Å². The minimum absolute atomic E-state index is 0.710. The maximum absolute atomic E-state index is 11.6. The van der Waals surface area contributed by atoms with E-state index in [2.05, 4.69) is 0 Å². The Morgan fingerprint density at radius 1 is 1.18 bits per heavy atom. The maximum Gasteiger partial charge on any atom is 0.218 e. The van der Waals surface area contributed by atoms with Gasteiger partial charge in [0.05, 0.1) is 0 Å². The third-order valence-corrected chi connectivity index (χ3v) is 4.67. The van der Waals surface area contributed by atoms with Gasteiger partial charge in [-0.05, 0) is 5.56 Å². The Balaban J connectivity index is 2.55. The molecule has 0 fully saturated rings. The fraction of sp³-hybridized carbons (Fsp3) is 0.167. The zero-order valence-electron chi connectivity index (χ0n) is 8.95. The number of halogens is 1. The summed E-state index contributed by atoms with van der Waals surface area (Å²) in [7, 11) is -3.75. The molecule has 90 valence electrons. The molecule has 0 saturated carbocycles. The van der Waals surface area contributed by atoms with Crippen LogP contribution in [0.4, 0.5) is 0 Å². The molecule has 2 N–H and O–H groups in total. The zero-order valence-corrected chi connectivity index (χ0v) is 10.5. The summed E-state index contributed by atoms with van der Waals surface area (Å²) < 4.78 is 23.2. The lowest BCUT2D eigenvalue weighted by Gasteiger charge is -2.31. The minimum atomic E-state index is -3.75. The molecule has 5 heteroatoms. The van der Waals surface area contributed by atoms with E-state index in [4.69, 9.17) is 16.7 Å². The predicted molar refractivity (Wildman–Crippen MR) is 69.1 cm³/mol. The Bertz CT molecular complexity index is 565. The van der Waals surface area contributed by atoms with Gasteiger partial charge < -0.3 is 0 Å². The van der Waals surface area contributed by atoms with Gasteiger partial charge in [0.2, 0.25) is 10.0 Å². The summed E-state index contributed by atoms with van der Waals surface area (Å²) in [6.45, 7) is 0. The highest BCUT2D eigenvalue weighted by atomic mass is 35.5. The van der Waals surface area contributed by atoms with Crippen LogP contribution in [0.25, 0.3) is 0 Å². The second-order valence-electron chi connectivity index (χ2n) is 3.89. The first-order valence-electron chi connectivity index (χ1n) is 5.07. The fourth-order valence-electron chi connectivity index (χ4n) is 1.90. The molecule has 1 aromatic carbocycles. The molecule has 0 aliphatic heterocycles. The maximum atomic E-state index is 11.6. The smallest absolute Gasteiger partial charge is 0.218 e. The van der Waals surface area contributed by atoms with Crippen molar-refractivity contribution in [3.05, 3.63) is 60.2 Å². The molecule has 0 aromatic heterocycles. The third-order valence-electron chi connectivity index (χ3n) is 2.72. The van der Waals surface area contributed by atoms with Gasteiger partial charge in [-0.25, -0.2) is 13.6 Å². The Kier molecular flexibility index (Phi) is 3.12. The van der Waals surface area contributed by atoms with Crippen LogP contribution < -0.4 is 5.14 Å². The molecule has 2 rings (SSSR count). The van der Waals surface area contributed by atoms with E-state index in [1.807, 2.05) is 18.2 Å². The van der Waals surface area contributed by atoms with Gasteiger partial charge in [0.15, 0.2) is 0 Å². The molecule has 2 unspecified atom stereocenters. The predicted octanol–water partition coefficient (Wildman–Crippen LogP) is 1.90. The largest absolute Gasteiger partial charge is 0.228 e. The monoisotopic (exact) mass is 269 g/mol. The van der Waals surface area contributed by atoms with Crippen molar-refractivity contribution in [2.24, 2.45) is 5.14 Å². The highest BCUT2D eigenvalue weighted by Crippen LogP contribution is 2.39. The zero-order chi connectivity index (χ0) is 12.5. The van der Waals surface area contributed by atoms with Gasteiger partial charge in [-0.2, -0.15) is 0 Å². The van der Waals surface area contributed by atoms with Crippen molar-refractivity contribution in [2.75, 3.05) is 0 Å². The lowest BCUT2D eigenvalue weighted by molar-refractivity contribution is 0.577. The Morgan fingerprint density at radius 2 is 1.82 bits per heavy atom. The van der Waals surface area contributed by atoms with E-state index in [1.165, 1.54) is 6.08 Å². The van der Waals surface area contributed by atoms with Crippen LogP contribution in [0, 0.1) is 0 Å². The highest BCUT2D eigenvalue weighted by Gasteiger charge is 2.42. The van der Waals surface area contributed by atoms with Crippen LogP contribution in [-0.2, 0) is 14.9 Å². The van der Waals surface area contributed by atoms with Crippen LogP contribution in [0.3, 0.4) is 0 Å². The van der Waals surface area contributed by atoms with Crippen molar-refractivity contribution in [3.8, 4) is 0 Å². The van der Waals surface area contributed by atoms with E-state index in [0.29, 0.717) is 5.56 Å². The first kappa shape index (κ1) is 12.4. The Hall–Kier alpha value is -1.10. The average molecular weight is 270 g/mol. The van der Waals surface area contributed by atoms with Crippen LogP contribution in [0.15, 0.2) is 54.6 Å². The number of hydrogen-bond acceptors (Lipinski definition) is 2. The Labute approximate surface area is 106 Å². The summed E-state index contributed by atoms with van der Waals surface area (Å²) in [5.74, 6) is 0. The number of hydrogen-bond donors (Lipinski definition) is 1. The molecule has 0 spiro atoms. The normalized spacial score (nSPS) is 28.2. The van der Waals surface area contributed by atoms with Gasteiger partial charge >= 0.3 is 0 Å². The fourth-order valence-corrected chi connectivity index (χ4v) is 3.54. The number of rotatable bonds is 2. The number of alkyl halides is 1. The molecule has 3 nitrogen and oxygen atoms in total. The van der Waals surface area contributed by atoms with Crippen molar-refractivity contribution in [3.63, 3.8) is 0 Å². The van der Waals surface area contributed by atoms with E-state index >= 15 is 0 Å². The topological polar surface area (TPSA) is 60.2 Å². The van der Waals surface area contributed by atoms with Crippen molar-refractivity contribution in [2.45, 2.75) is 10.1 Å². The van der Waals surface area contributed by atoms with Crippen molar-refractivity contribution in [1.29, 1.82) is 0 Å². The van der Waals surface area contributed by atoms with Crippen LogP contribution in [0.1, 0.15) is 5.56 Å². The van der Waals surface area contributed by atoms with Gasteiger partial charge in [0, 0.05) is 0 Å². The molecule has 17 heavy (non-hydrogen) atoms. The van der Waals surface area contributed by atoms with E-state index < -0.39 is 20.1 Å². The van der Waals surface area contributed by atoms with Gasteiger partial charge in [-0.1, -0.05) is 54.6 Å². The first-order valence-corrected chi connectivity index (χ1v) is 7.05. The molecule has 0 bridgehead atoms. The van der Waals surface area contributed by atoms with E-state index in [0.717, 1.165) is 0 Å². The first-order chi connectivity index (χ1) is 7.94. The second-order valence-corrected chi connectivity index (χ2v) is 6.20. The average Bonchev–Trinajstić information content (AvgIpc) is 2.29.